The van der Waals surface area contributed by atoms with E-state index >= 15 is 0 Å². The Morgan fingerprint density at radius 3 is 3.05 bits per heavy atom. The van der Waals surface area contributed by atoms with Gasteiger partial charge in [0.05, 0.1) is 18.7 Å². The highest BCUT2D eigenvalue weighted by Crippen LogP contribution is 2.18. The van der Waals surface area contributed by atoms with Crippen molar-refractivity contribution in [3.63, 3.8) is 0 Å². The number of rotatable bonds is 4. The Balaban J connectivity index is 1.60. The molecule has 0 atom stereocenters. The van der Waals surface area contributed by atoms with Crippen LogP contribution in [0, 0.1) is 0 Å². The summed E-state index contributed by atoms with van der Waals surface area (Å²) in [7, 11) is 0. The molecule has 0 saturated carbocycles. The lowest BCUT2D eigenvalue weighted by Crippen LogP contribution is -2.41. The lowest BCUT2D eigenvalue weighted by Gasteiger charge is -2.26. The number of aromatic nitrogens is 2. The number of carbonyl (C=O) groups is 1. The zero-order chi connectivity index (χ0) is 14.7. The standard InChI is InChI=1S/C14H19N5O2/c15-10-1-2-12-11(9-10)13(18-17-12)14(20)16-3-4-19-5-7-21-8-6-19/h1-2,9H,3-8,15H2,(H,16,20)(H,17,18). The summed E-state index contributed by atoms with van der Waals surface area (Å²) in [5.41, 5.74) is 7.57. The number of fused-ring (bicyclic) bond motifs is 1. The number of H-pyrrole nitrogens is 1. The summed E-state index contributed by atoms with van der Waals surface area (Å²) in [6, 6.07) is 5.36. The first-order chi connectivity index (χ1) is 10.2. The number of nitrogens with one attached hydrogen (secondary N) is 2. The van der Waals surface area contributed by atoms with Crippen LogP contribution in [-0.4, -0.2) is 60.4 Å². The Hall–Kier alpha value is -2.12. The topological polar surface area (TPSA) is 96.3 Å². The zero-order valence-corrected chi connectivity index (χ0v) is 11.8. The van der Waals surface area contributed by atoms with Crippen molar-refractivity contribution >= 4 is 22.5 Å². The molecule has 1 aromatic heterocycles. The maximum atomic E-state index is 12.2. The molecule has 21 heavy (non-hydrogen) atoms. The third kappa shape index (κ3) is 3.14. The molecule has 1 aliphatic heterocycles. The summed E-state index contributed by atoms with van der Waals surface area (Å²) in [4.78, 5) is 14.5. The molecule has 0 spiro atoms. The molecule has 1 saturated heterocycles. The Bertz CT molecular complexity index is 633. The van der Waals surface area contributed by atoms with E-state index < -0.39 is 0 Å². The molecule has 3 rings (SSSR count). The number of aromatic amines is 1. The molecule has 2 heterocycles. The van der Waals surface area contributed by atoms with E-state index in [1.54, 1.807) is 12.1 Å². The monoisotopic (exact) mass is 289 g/mol. The van der Waals surface area contributed by atoms with Crippen molar-refractivity contribution in [2.75, 3.05) is 45.1 Å². The second-order valence-corrected chi connectivity index (χ2v) is 5.09. The number of morpholine rings is 1. The molecule has 7 nitrogen and oxygen atoms in total. The van der Waals surface area contributed by atoms with E-state index in [0.717, 1.165) is 43.8 Å². The van der Waals surface area contributed by atoms with Gasteiger partial charge in [-0.3, -0.25) is 14.8 Å². The van der Waals surface area contributed by atoms with Gasteiger partial charge in [0.15, 0.2) is 5.69 Å². The van der Waals surface area contributed by atoms with Gasteiger partial charge in [-0.05, 0) is 18.2 Å². The Kier molecular flexibility index (Phi) is 4.03. The van der Waals surface area contributed by atoms with Crippen LogP contribution in [0.1, 0.15) is 10.5 Å². The molecular formula is C14H19N5O2. The van der Waals surface area contributed by atoms with Gasteiger partial charge >= 0.3 is 0 Å². The van der Waals surface area contributed by atoms with Crippen molar-refractivity contribution in [1.82, 2.24) is 20.4 Å². The third-order valence-electron chi connectivity index (χ3n) is 3.62. The molecule has 0 radical (unpaired) electrons. The lowest BCUT2D eigenvalue weighted by atomic mass is 10.2. The first kappa shape index (κ1) is 13.8. The first-order valence-electron chi connectivity index (χ1n) is 7.06. The van der Waals surface area contributed by atoms with Crippen LogP contribution in [-0.2, 0) is 4.74 Å². The molecule has 4 N–H and O–H groups in total. The van der Waals surface area contributed by atoms with Crippen LogP contribution < -0.4 is 11.1 Å². The first-order valence-corrected chi connectivity index (χ1v) is 7.06. The number of anilines is 1. The molecule has 0 aliphatic carbocycles. The Labute approximate surface area is 122 Å². The fourth-order valence-electron chi connectivity index (χ4n) is 2.44. The minimum absolute atomic E-state index is 0.180. The number of ether oxygens (including phenoxy) is 1. The summed E-state index contributed by atoms with van der Waals surface area (Å²) in [5, 5.41) is 10.6. The molecule has 1 aliphatic rings. The molecule has 1 fully saturated rings. The third-order valence-corrected chi connectivity index (χ3v) is 3.62. The molecule has 112 valence electrons. The maximum Gasteiger partial charge on any atom is 0.272 e. The molecule has 0 unspecified atom stereocenters. The number of hydrogen-bond donors (Lipinski definition) is 3. The average molecular weight is 289 g/mol. The summed E-state index contributed by atoms with van der Waals surface area (Å²) < 4.78 is 5.29. The second kappa shape index (κ2) is 6.11. The van der Waals surface area contributed by atoms with Gasteiger partial charge in [0.1, 0.15) is 0 Å². The van der Waals surface area contributed by atoms with E-state index in [1.165, 1.54) is 0 Å². The van der Waals surface area contributed by atoms with Crippen molar-refractivity contribution in [2.45, 2.75) is 0 Å². The van der Waals surface area contributed by atoms with Gasteiger partial charge in [-0.25, -0.2) is 0 Å². The van der Waals surface area contributed by atoms with Crippen molar-refractivity contribution < 1.29 is 9.53 Å². The van der Waals surface area contributed by atoms with Crippen LogP contribution in [0.2, 0.25) is 0 Å². The fraction of sp³-hybridized carbons (Fsp3) is 0.429. The van der Waals surface area contributed by atoms with E-state index in [0.29, 0.717) is 17.9 Å². The quantitative estimate of drug-likeness (QED) is 0.699. The van der Waals surface area contributed by atoms with Gasteiger partial charge in [-0.1, -0.05) is 0 Å². The second-order valence-electron chi connectivity index (χ2n) is 5.09. The van der Waals surface area contributed by atoms with Gasteiger partial charge in [0.2, 0.25) is 0 Å². The minimum atomic E-state index is -0.180. The normalized spacial score (nSPS) is 16.2. The van der Waals surface area contributed by atoms with Crippen LogP contribution >= 0.6 is 0 Å². The molecule has 1 aromatic carbocycles. The van der Waals surface area contributed by atoms with Crippen LogP contribution in [0.3, 0.4) is 0 Å². The number of nitrogens with zero attached hydrogens (tertiary/aromatic N) is 2. The molecule has 1 amide bonds. The minimum Gasteiger partial charge on any atom is -0.399 e. The van der Waals surface area contributed by atoms with Gasteiger partial charge < -0.3 is 15.8 Å². The highest BCUT2D eigenvalue weighted by molar-refractivity contribution is 6.05. The summed E-state index contributed by atoms with van der Waals surface area (Å²) in [6.45, 7) is 4.76. The smallest absolute Gasteiger partial charge is 0.272 e. The molecular weight excluding hydrogens is 270 g/mol. The van der Waals surface area contributed by atoms with Gasteiger partial charge in [0.25, 0.3) is 5.91 Å². The number of carbonyl (C=O) groups excluding carboxylic acids is 1. The molecule has 7 heteroatoms. The average Bonchev–Trinajstić information content (AvgIpc) is 2.91. The zero-order valence-electron chi connectivity index (χ0n) is 11.8. The number of nitrogens with two attached hydrogens (primary N) is 1. The SMILES string of the molecule is Nc1ccc2[nH]nc(C(=O)NCCN3CCOCC3)c2c1. The lowest BCUT2D eigenvalue weighted by molar-refractivity contribution is 0.0383. The van der Waals surface area contributed by atoms with Crippen LogP contribution in [0.15, 0.2) is 18.2 Å². The summed E-state index contributed by atoms with van der Waals surface area (Å²) >= 11 is 0. The fourth-order valence-corrected chi connectivity index (χ4v) is 2.44. The number of benzene rings is 1. The molecule has 0 bridgehead atoms. The Morgan fingerprint density at radius 2 is 2.24 bits per heavy atom. The van der Waals surface area contributed by atoms with Crippen LogP contribution in [0.5, 0.6) is 0 Å². The van der Waals surface area contributed by atoms with E-state index in [4.69, 9.17) is 10.5 Å². The van der Waals surface area contributed by atoms with E-state index in [1.807, 2.05) is 6.07 Å². The summed E-state index contributed by atoms with van der Waals surface area (Å²) in [6.07, 6.45) is 0. The predicted octanol–water partition coefficient (Wildman–Crippen LogP) is 0.207. The van der Waals surface area contributed by atoms with Crippen LogP contribution in [0.25, 0.3) is 10.9 Å². The van der Waals surface area contributed by atoms with E-state index in [9.17, 15) is 4.79 Å². The van der Waals surface area contributed by atoms with Crippen LogP contribution in [0.4, 0.5) is 5.69 Å². The predicted molar refractivity (Wildman–Crippen MR) is 80.1 cm³/mol. The van der Waals surface area contributed by atoms with Crippen molar-refractivity contribution in [2.24, 2.45) is 0 Å². The maximum absolute atomic E-state index is 12.2. The highest BCUT2D eigenvalue weighted by atomic mass is 16.5. The van der Waals surface area contributed by atoms with Crippen molar-refractivity contribution in [1.29, 1.82) is 0 Å². The number of hydrogen-bond acceptors (Lipinski definition) is 5. The highest BCUT2D eigenvalue weighted by Gasteiger charge is 2.15. The van der Waals surface area contributed by atoms with Crippen molar-refractivity contribution in [3.8, 4) is 0 Å². The molecule has 2 aromatic rings. The van der Waals surface area contributed by atoms with Gasteiger partial charge in [-0.15, -0.1) is 0 Å². The Morgan fingerprint density at radius 1 is 1.43 bits per heavy atom. The largest absolute Gasteiger partial charge is 0.399 e. The van der Waals surface area contributed by atoms with E-state index in [2.05, 4.69) is 20.4 Å². The van der Waals surface area contributed by atoms with Gasteiger partial charge in [-0.2, -0.15) is 5.10 Å². The number of nitrogen functional groups attached to an aromatic ring is 1. The van der Waals surface area contributed by atoms with Gasteiger partial charge in [0, 0.05) is 37.3 Å². The van der Waals surface area contributed by atoms with Crippen molar-refractivity contribution in [3.05, 3.63) is 23.9 Å². The number of amides is 1. The van der Waals surface area contributed by atoms with E-state index in [-0.39, 0.29) is 5.91 Å². The summed E-state index contributed by atoms with van der Waals surface area (Å²) in [5.74, 6) is -0.180.